The van der Waals surface area contributed by atoms with Crippen molar-refractivity contribution in [3.8, 4) is 0 Å². The van der Waals surface area contributed by atoms with Gasteiger partial charge in [0.05, 0.1) is 5.54 Å². The van der Waals surface area contributed by atoms with Gasteiger partial charge in [-0.3, -0.25) is 4.79 Å². The Hall–Kier alpha value is -0.220. The van der Waals surface area contributed by atoms with E-state index in [1.807, 2.05) is 11.8 Å². The summed E-state index contributed by atoms with van der Waals surface area (Å²) in [7, 11) is 0. The number of amides is 1. The molecular formula is C15H28N2OS. The van der Waals surface area contributed by atoms with Crippen LogP contribution in [0.15, 0.2) is 0 Å². The minimum absolute atomic E-state index is 0.259. The van der Waals surface area contributed by atoms with Crippen LogP contribution < -0.4 is 10.6 Å². The Morgan fingerprint density at radius 2 is 2.26 bits per heavy atom. The van der Waals surface area contributed by atoms with Gasteiger partial charge >= 0.3 is 0 Å². The Kier molecular flexibility index (Phi) is 5.58. The van der Waals surface area contributed by atoms with Gasteiger partial charge in [-0.2, -0.15) is 11.8 Å². The van der Waals surface area contributed by atoms with Crippen molar-refractivity contribution in [2.24, 2.45) is 0 Å². The van der Waals surface area contributed by atoms with Crippen molar-refractivity contribution in [3.05, 3.63) is 0 Å². The van der Waals surface area contributed by atoms with Gasteiger partial charge < -0.3 is 10.6 Å². The Balaban J connectivity index is 1.86. The van der Waals surface area contributed by atoms with Crippen LogP contribution in [0.1, 0.15) is 58.8 Å². The molecule has 2 fully saturated rings. The molecule has 1 saturated heterocycles. The maximum atomic E-state index is 12.6. The van der Waals surface area contributed by atoms with Crippen molar-refractivity contribution in [2.45, 2.75) is 75.6 Å². The van der Waals surface area contributed by atoms with E-state index in [1.54, 1.807) is 0 Å². The third kappa shape index (κ3) is 3.66. The summed E-state index contributed by atoms with van der Waals surface area (Å²) in [5.41, 5.74) is -0.259. The summed E-state index contributed by atoms with van der Waals surface area (Å²) < 4.78 is 0. The molecule has 110 valence electrons. The summed E-state index contributed by atoms with van der Waals surface area (Å²) >= 11 is 2.04. The van der Waals surface area contributed by atoms with Gasteiger partial charge in [0.2, 0.25) is 5.91 Å². The molecule has 1 aliphatic heterocycles. The van der Waals surface area contributed by atoms with Crippen molar-refractivity contribution < 1.29 is 4.79 Å². The highest BCUT2D eigenvalue weighted by molar-refractivity contribution is 7.99. The predicted molar refractivity (Wildman–Crippen MR) is 82.6 cm³/mol. The molecule has 0 bridgehead atoms. The second-order valence-corrected chi connectivity index (χ2v) is 7.50. The zero-order valence-electron chi connectivity index (χ0n) is 12.3. The number of carbonyl (C=O) groups is 1. The Morgan fingerprint density at radius 1 is 1.42 bits per heavy atom. The van der Waals surface area contributed by atoms with Crippen LogP contribution in [0, 0.1) is 0 Å². The molecule has 0 aromatic carbocycles. The first-order valence-electron chi connectivity index (χ1n) is 7.88. The zero-order valence-corrected chi connectivity index (χ0v) is 13.2. The molecule has 1 saturated carbocycles. The normalized spacial score (nSPS) is 34.6. The van der Waals surface area contributed by atoms with Crippen LogP contribution in [0.25, 0.3) is 0 Å². The summed E-state index contributed by atoms with van der Waals surface area (Å²) in [6.07, 6.45) is 7.76. The molecule has 2 N–H and O–H groups in total. The zero-order chi connectivity index (χ0) is 13.7. The van der Waals surface area contributed by atoms with E-state index in [2.05, 4.69) is 24.5 Å². The lowest BCUT2D eigenvalue weighted by molar-refractivity contribution is -0.128. The predicted octanol–water partition coefficient (Wildman–Crippen LogP) is 2.70. The average Bonchev–Trinajstić information content (AvgIpc) is 3.01. The van der Waals surface area contributed by atoms with Crippen molar-refractivity contribution >= 4 is 17.7 Å². The molecule has 0 radical (unpaired) electrons. The van der Waals surface area contributed by atoms with Gasteiger partial charge in [-0.05, 0) is 50.8 Å². The molecule has 3 nitrogen and oxygen atoms in total. The molecule has 1 heterocycles. The monoisotopic (exact) mass is 284 g/mol. The van der Waals surface area contributed by atoms with Crippen LogP contribution >= 0.6 is 11.8 Å². The molecule has 0 aromatic heterocycles. The third-order valence-corrected chi connectivity index (χ3v) is 5.71. The van der Waals surface area contributed by atoms with Crippen LogP contribution in [0.5, 0.6) is 0 Å². The largest absolute Gasteiger partial charge is 0.352 e. The van der Waals surface area contributed by atoms with E-state index in [1.165, 1.54) is 12.2 Å². The molecule has 1 amide bonds. The van der Waals surface area contributed by atoms with Crippen molar-refractivity contribution in [3.63, 3.8) is 0 Å². The van der Waals surface area contributed by atoms with E-state index in [4.69, 9.17) is 0 Å². The van der Waals surface area contributed by atoms with E-state index < -0.39 is 0 Å². The fraction of sp³-hybridized carbons (Fsp3) is 0.933. The van der Waals surface area contributed by atoms with Gasteiger partial charge in [0.25, 0.3) is 0 Å². The van der Waals surface area contributed by atoms with E-state index in [9.17, 15) is 4.79 Å². The minimum Gasteiger partial charge on any atom is -0.352 e. The first-order valence-corrected chi connectivity index (χ1v) is 8.92. The number of hydrogen-bond donors (Lipinski definition) is 2. The molecule has 19 heavy (non-hydrogen) atoms. The molecule has 0 aromatic rings. The maximum Gasteiger partial charge on any atom is 0.240 e. The van der Waals surface area contributed by atoms with E-state index in [-0.39, 0.29) is 11.4 Å². The second-order valence-electron chi connectivity index (χ2n) is 5.92. The number of thioether (sulfide) groups is 1. The summed E-state index contributed by atoms with van der Waals surface area (Å²) in [5, 5.41) is 7.54. The highest BCUT2D eigenvalue weighted by Crippen LogP contribution is 2.31. The lowest BCUT2D eigenvalue weighted by atomic mass is 9.90. The fourth-order valence-electron chi connectivity index (χ4n) is 3.54. The SMILES string of the molecule is CCCC1(C(=O)NC2CCC(SCC)C2)CCCN1. The fourth-order valence-corrected chi connectivity index (χ4v) is 4.68. The van der Waals surface area contributed by atoms with Crippen LogP contribution in [0.2, 0.25) is 0 Å². The van der Waals surface area contributed by atoms with Gasteiger partial charge in [0.1, 0.15) is 0 Å². The highest BCUT2D eigenvalue weighted by Gasteiger charge is 2.41. The quantitative estimate of drug-likeness (QED) is 0.788. The Bertz CT molecular complexity index is 303. The first kappa shape index (κ1) is 15.2. The lowest BCUT2D eigenvalue weighted by Crippen LogP contribution is -2.55. The first-order chi connectivity index (χ1) is 9.20. The third-order valence-electron chi connectivity index (χ3n) is 4.48. The van der Waals surface area contributed by atoms with Gasteiger partial charge in [0, 0.05) is 11.3 Å². The number of rotatable bonds is 6. The highest BCUT2D eigenvalue weighted by atomic mass is 32.2. The van der Waals surface area contributed by atoms with Crippen molar-refractivity contribution in [1.82, 2.24) is 10.6 Å². The lowest BCUT2D eigenvalue weighted by Gasteiger charge is -2.29. The van der Waals surface area contributed by atoms with Gasteiger partial charge in [-0.1, -0.05) is 20.3 Å². The number of nitrogens with one attached hydrogen (secondary N) is 2. The smallest absolute Gasteiger partial charge is 0.240 e. The van der Waals surface area contributed by atoms with Gasteiger partial charge in [-0.15, -0.1) is 0 Å². The van der Waals surface area contributed by atoms with E-state index in [0.29, 0.717) is 6.04 Å². The topological polar surface area (TPSA) is 41.1 Å². The van der Waals surface area contributed by atoms with E-state index in [0.717, 1.165) is 50.3 Å². The summed E-state index contributed by atoms with van der Waals surface area (Å²) in [6.45, 7) is 5.38. The van der Waals surface area contributed by atoms with Crippen LogP contribution in [0.3, 0.4) is 0 Å². The minimum atomic E-state index is -0.259. The molecule has 3 atom stereocenters. The van der Waals surface area contributed by atoms with E-state index >= 15 is 0 Å². The molecule has 3 unspecified atom stereocenters. The molecule has 1 aliphatic carbocycles. The Labute approximate surface area is 121 Å². The summed E-state index contributed by atoms with van der Waals surface area (Å²) in [4.78, 5) is 12.6. The van der Waals surface area contributed by atoms with Crippen LogP contribution in [0.4, 0.5) is 0 Å². The Morgan fingerprint density at radius 3 is 2.89 bits per heavy atom. The number of hydrogen-bond acceptors (Lipinski definition) is 3. The standard InChI is InChI=1S/C15H28N2OS/c1-3-8-15(9-5-10-16-15)14(18)17-12-6-7-13(11-12)19-4-2/h12-13,16H,3-11H2,1-2H3,(H,17,18). The van der Waals surface area contributed by atoms with Crippen molar-refractivity contribution in [1.29, 1.82) is 0 Å². The van der Waals surface area contributed by atoms with Gasteiger partial charge in [-0.25, -0.2) is 0 Å². The average molecular weight is 284 g/mol. The second kappa shape index (κ2) is 6.98. The molecule has 2 aliphatic rings. The molecule has 2 rings (SSSR count). The van der Waals surface area contributed by atoms with Gasteiger partial charge in [0.15, 0.2) is 0 Å². The molecular weight excluding hydrogens is 256 g/mol. The maximum absolute atomic E-state index is 12.6. The number of carbonyl (C=O) groups excluding carboxylic acids is 1. The summed E-state index contributed by atoms with van der Waals surface area (Å²) in [6, 6.07) is 0.410. The molecule has 4 heteroatoms. The summed E-state index contributed by atoms with van der Waals surface area (Å²) in [5.74, 6) is 1.45. The van der Waals surface area contributed by atoms with Crippen LogP contribution in [-0.4, -0.2) is 35.0 Å². The van der Waals surface area contributed by atoms with Crippen molar-refractivity contribution in [2.75, 3.05) is 12.3 Å². The molecule has 0 spiro atoms. The van der Waals surface area contributed by atoms with Crippen LogP contribution in [-0.2, 0) is 4.79 Å².